The molecule has 0 saturated carbocycles. The first-order valence-electron chi connectivity index (χ1n) is 9.56. The smallest absolute Gasteiger partial charge is 0.418 e. The van der Waals surface area contributed by atoms with E-state index in [-0.39, 0.29) is 17.9 Å². The van der Waals surface area contributed by atoms with Crippen LogP contribution in [0, 0.1) is 6.92 Å². The van der Waals surface area contributed by atoms with Gasteiger partial charge in [-0.25, -0.2) is 4.98 Å². The first kappa shape index (κ1) is 22.3. The normalized spacial score (nSPS) is 11.4. The standard InChI is InChI=1S/C22H16F3N3O4S/c1-12-4-7-18(32-12)21-27-14(11-33-21)10-19(29)28-16-6-5-13(9-15(16)22(23,24)25)26-20(30)17-3-2-8-31-17/h2-9,11H,10H2,1H3,(H,26,30)(H,28,29). The van der Waals surface area contributed by atoms with Gasteiger partial charge in [0.2, 0.25) is 5.91 Å². The maximum Gasteiger partial charge on any atom is 0.418 e. The number of anilines is 2. The molecular formula is C22H16F3N3O4S. The van der Waals surface area contributed by atoms with Crippen LogP contribution in [-0.2, 0) is 17.4 Å². The van der Waals surface area contributed by atoms with Gasteiger partial charge in [0.05, 0.1) is 29.6 Å². The van der Waals surface area contributed by atoms with E-state index in [0.29, 0.717) is 22.2 Å². The molecule has 0 aliphatic carbocycles. The Labute approximate surface area is 189 Å². The molecule has 3 aromatic heterocycles. The van der Waals surface area contributed by atoms with Gasteiger partial charge >= 0.3 is 6.18 Å². The molecule has 4 aromatic rings. The molecule has 3 heterocycles. The number of hydrogen-bond acceptors (Lipinski definition) is 6. The molecule has 0 aliphatic rings. The zero-order valence-electron chi connectivity index (χ0n) is 17.0. The Bertz CT molecular complexity index is 1290. The van der Waals surface area contributed by atoms with Crippen LogP contribution >= 0.6 is 11.3 Å². The molecule has 0 bridgehead atoms. The summed E-state index contributed by atoms with van der Waals surface area (Å²) >= 11 is 1.27. The van der Waals surface area contributed by atoms with E-state index in [2.05, 4.69) is 15.6 Å². The Morgan fingerprint density at radius 2 is 1.94 bits per heavy atom. The highest BCUT2D eigenvalue weighted by Gasteiger charge is 2.34. The maximum absolute atomic E-state index is 13.6. The number of thiazole rings is 1. The van der Waals surface area contributed by atoms with E-state index in [1.165, 1.54) is 35.8 Å². The molecule has 170 valence electrons. The molecule has 2 N–H and O–H groups in total. The summed E-state index contributed by atoms with van der Waals surface area (Å²) in [5.41, 5.74) is -1.23. The largest absolute Gasteiger partial charge is 0.459 e. The van der Waals surface area contributed by atoms with Crippen LogP contribution in [0.1, 0.15) is 27.6 Å². The number of furan rings is 2. The monoisotopic (exact) mass is 475 g/mol. The van der Waals surface area contributed by atoms with Gasteiger partial charge in [0.1, 0.15) is 5.76 Å². The zero-order valence-corrected chi connectivity index (χ0v) is 17.8. The minimum absolute atomic E-state index is 0.0479. The van der Waals surface area contributed by atoms with Crippen LogP contribution in [0.3, 0.4) is 0 Å². The van der Waals surface area contributed by atoms with Crippen LogP contribution in [0.4, 0.5) is 24.5 Å². The SMILES string of the molecule is Cc1ccc(-c2nc(CC(=O)Nc3ccc(NC(=O)c4ccco4)cc3C(F)(F)F)cs2)o1. The highest BCUT2D eigenvalue weighted by atomic mass is 32.1. The zero-order chi connectivity index (χ0) is 23.6. The summed E-state index contributed by atoms with van der Waals surface area (Å²) in [6.45, 7) is 1.79. The van der Waals surface area contributed by atoms with Gasteiger partial charge in [0, 0.05) is 11.1 Å². The fourth-order valence-electron chi connectivity index (χ4n) is 2.98. The highest BCUT2D eigenvalue weighted by Crippen LogP contribution is 2.37. The molecule has 33 heavy (non-hydrogen) atoms. The van der Waals surface area contributed by atoms with Crippen molar-refractivity contribution in [1.82, 2.24) is 4.98 Å². The van der Waals surface area contributed by atoms with Crippen LogP contribution in [0.25, 0.3) is 10.8 Å². The van der Waals surface area contributed by atoms with Crippen molar-refractivity contribution in [2.45, 2.75) is 19.5 Å². The summed E-state index contributed by atoms with van der Waals surface area (Å²) < 4.78 is 51.2. The average Bonchev–Trinajstić information content (AvgIpc) is 3.50. The molecule has 0 radical (unpaired) electrons. The van der Waals surface area contributed by atoms with Gasteiger partial charge < -0.3 is 19.5 Å². The Balaban J connectivity index is 1.48. The molecule has 0 fully saturated rings. The first-order chi connectivity index (χ1) is 15.7. The predicted molar refractivity (Wildman–Crippen MR) is 115 cm³/mol. The molecule has 0 spiro atoms. The Kier molecular flexibility index (Phi) is 6.05. The lowest BCUT2D eigenvalue weighted by Crippen LogP contribution is -2.19. The summed E-state index contributed by atoms with van der Waals surface area (Å²) in [6, 6.07) is 9.47. The van der Waals surface area contributed by atoms with E-state index >= 15 is 0 Å². The number of carbonyl (C=O) groups excluding carboxylic acids is 2. The van der Waals surface area contributed by atoms with Gasteiger partial charge in [-0.2, -0.15) is 13.2 Å². The lowest BCUT2D eigenvalue weighted by Gasteiger charge is -2.15. The topological polar surface area (TPSA) is 97.4 Å². The van der Waals surface area contributed by atoms with Gasteiger partial charge in [-0.1, -0.05) is 0 Å². The van der Waals surface area contributed by atoms with E-state index in [1.54, 1.807) is 24.4 Å². The molecule has 2 amide bonds. The number of hydrogen-bond donors (Lipinski definition) is 2. The Morgan fingerprint density at radius 1 is 1.12 bits per heavy atom. The molecule has 1 aromatic carbocycles. The molecule has 0 saturated heterocycles. The number of amides is 2. The van der Waals surface area contributed by atoms with Crippen molar-refractivity contribution < 1.29 is 31.6 Å². The number of carbonyl (C=O) groups is 2. The van der Waals surface area contributed by atoms with Crippen LogP contribution < -0.4 is 10.6 Å². The average molecular weight is 475 g/mol. The number of nitrogens with one attached hydrogen (secondary N) is 2. The molecule has 11 heteroatoms. The quantitative estimate of drug-likeness (QED) is 0.370. The summed E-state index contributed by atoms with van der Waals surface area (Å²) in [5, 5.41) is 6.82. The van der Waals surface area contributed by atoms with E-state index in [9.17, 15) is 22.8 Å². The first-order valence-corrected chi connectivity index (χ1v) is 10.4. The number of benzene rings is 1. The van der Waals surface area contributed by atoms with Crippen molar-refractivity contribution in [2.24, 2.45) is 0 Å². The van der Waals surface area contributed by atoms with Gasteiger partial charge in [-0.05, 0) is 49.4 Å². The second-order valence-electron chi connectivity index (χ2n) is 6.97. The van der Waals surface area contributed by atoms with Crippen molar-refractivity contribution in [1.29, 1.82) is 0 Å². The summed E-state index contributed by atoms with van der Waals surface area (Å²) in [6.07, 6.45) is -3.71. The van der Waals surface area contributed by atoms with Crippen molar-refractivity contribution in [2.75, 3.05) is 10.6 Å². The molecule has 4 rings (SSSR count). The third-order valence-corrected chi connectivity index (χ3v) is 5.35. The fraction of sp³-hybridized carbons (Fsp3) is 0.136. The Morgan fingerprint density at radius 3 is 2.61 bits per heavy atom. The number of rotatable bonds is 6. The lowest BCUT2D eigenvalue weighted by molar-refractivity contribution is -0.136. The number of aromatic nitrogens is 1. The summed E-state index contributed by atoms with van der Waals surface area (Å²) in [4.78, 5) is 28.8. The molecule has 0 unspecified atom stereocenters. The third-order valence-electron chi connectivity index (χ3n) is 4.45. The maximum atomic E-state index is 13.6. The summed E-state index contributed by atoms with van der Waals surface area (Å²) in [5.74, 6) is -0.150. The number of nitrogens with zero attached hydrogens (tertiary/aromatic N) is 1. The number of alkyl halides is 3. The van der Waals surface area contributed by atoms with E-state index in [1.807, 2.05) is 0 Å². The van der Waals surface area contributed by atoms with Gasteiger partial charge in [-0.3, -0.25) is 9.59 Å². The highest BCUT2D eigenvalue weighted by molar-refractivity contribution is 7.13. The number of aryl methyl sites for hydroxylation is 1. The van der Waals surface area contributed by atoms with Crippen LogP contribution in [-0.4, -0.2) is 16.8 Å². The fourth-order valence-corrected chi connectivity index (χ4v) is 3.76. The van der Waals surface area contributed by atoms with Gasteiger partial charge in [0.25, 0.3) is 5.91 Å². The minimum atomic E-state index is -4.76. The van der Waals surface area contributed by atoms with Gasteiger partial charge in [-0.15, -0.1) is 11.3 Å². The second kappa shape index (κ2) is 8.94. The second-order valence-corrected chi connectivity index (χ2v) is 7.83. The van der Waals surface area contributed by atoms with E-state index in [0.717, 1.165) is 12.1 Å². The molecular weight excluding hydrogens is 459 g/mol. The van der Waals surface area contributed by atoms with Crippen LogP contribution in [0.2, 0.25) is 0 Å². The van der Waals surface area contributed by atoms with Crippen molar-refractivity contribution in [3.63, 3.8) is 0 Å². The van der Waals surface area contributed by atoms with Crippen molar-refractivity contribution in [3.05, 3.63) is 76.9 Å². The van der Waals surface area contributed by atoms with E-state index < -0.39 is 29.2 Å². The predicted octanol–water partition coefficient (Wildman–Crippen LogP) is 5.76. The molecule has 0 atom stereocenters. The van der Waals surface area contributed by atoms with Crippen LogP contribution in [0.15, 0.2) is 62.9 Å². The Hall–Kier alpha value is -3.86. The third kappa shape index (κ3) is 5.32. The summed E-state index contributed by atoms with van der Waals surface area (Å²) in [7, 11) is 0. The van der Waals surface area contributed by atoms with Crippen molar-refractivity contribution in [3.8, 4) is 10.8 Å². The molecule has 7 nitrogen and oxygen atoms in total. The van der Waals surface area contributed by atoms with E-state index in [4.69, 9.17) is 8.83 Å². The number of halogens is 3. The van der Waals surface area contributed by atoms with Crippen LogP contribution in [0.5, 0.6) is 0 Å². The van der Waals surface area contributed by atoms with Gasteiger partial charge in [0.15, 0.2) is 16.5 Å². The molecule has 0 aliphatic heterocycles. The van der Waals surface area contributed by atoms with Crippen molar-refractivity contribution >= 4 is 34.5 Å². The lowest BCUT2D eigenvalue weighted by atomic mass is 10.1. The minimum Gasteiger partial charge on any atom is -0.459 e.